The lowest BCUT2D eigenvalue weighted by atomic mass is 9.79. The molecule has 55 heavy (non-hydrogen) atoms. The third-order valence-corrected chi connectivity index (χ3v) is 11.6. The summed E-state index contributed by atoms with van der Waals surface area (Å²) in [5, 5.41) is 7.53. The van der Waals surface area contributed by atoms with Gasteiger partial charge in [-0.25, -0.2) is 4.98 Å². The molecule has 0 bridgehead atoms. The zero-order valence-electron chi connectivity index (χ0n) is 31.3. The van der Waals surface area contributed by atoms with Crippen molar-refractivity contribution in [2.75, 3.05) is 0 Å². The minimum Gasteiger partial charge on any atom is -0.293 e. The van der Waals surface area contributed by atoms with Gasteiger partial charge in [0.15, 0.2) is 0 Å². The van der Waals surface area contributed by atoms with Crippen molar-refractivity contribution in [1.29, 1.82) is 0 Å². The Morgan fingerprint density at radius 2 is 1.20 bits per heavy atom. The lowest BCUT2D eigenvalue weighted by Gasteiger charge is -2.24. The molecule has 0 N–H and O–H groups in total. The zero-order valence-corrected chi connectivity index (χ0v) is 31.3. The van der Waals surface area contributed by atoms with Crippen LogP contribution in [0.2, 0.25) is 0 Å². The molecule has 0 saturated carbocycles. The molecule has 10 rings (SSSR count). The molecule has 0 amide bonds. The van der Waals surface area contributed by atoms with Crippen molar-refractivity contribution in [3.63, 3.8) is 0 Å². The molecule has 9 aromatic rings. The van der Waals surface area contributed by atoms with Gasteiger partial charge in [-0.05, 0) is 120 Å². The van der Waals surface area contributed by atoms with Crippen molar-refractivity contribution in [2.24, 2.45) is 0 Å². The highest BCUT2D eigenvalue weighted by atomic mass is 15.1. The second-order valence-electron chi connectivity index (χ2n) is 15.2. The number of rotatable bonds is 6. The summed E-state index contributed by atoms with van der Waals surface area (Å²) in [6.07, 6.45) is 8.11. The van der Waals surface area contributed by atoms with Crippen LogP contribution in [-0.2, 0) is 5.41 Å². The first-order valence-corrected chi connectivity index (χ1v) is 19.1. The Labute approximate surface area is 322 Å². The van der Waals surface area contributed by atoms with Crippen molar-refractivity contribution in [2.45, 2.75) is 26.2 Å². The fourth-order valence-electron chi connectivity index (χ4n) is 8.99. The fraction of sp³-hybridized carbons (Fsp3) is 0.0755. The van der Waals surface area contributed by atoms with E-state index >= 15 is 0 Å². The zero-order chi connectivity index (χ0) is 37.3. The van der Waals surface area contributed by atoms with E-state index in [-0.39, 0.29) is 5.41 Å². The van der Waals surface area contributed by atoms with Gasteiger partial charge >= 0.3 is 0 Å². The Bertz CT molecular complexity index is 3080. The van der Waals surface area contributed by atoms with E-state index in [9.17, 15) is 0 Å². The molecule has 0 saturated heterocycles. The molecule has 262 valence electrons. The summed E-state index contributed by atoms with van der Waals surface area (Å²) in [5.41, 5.74) is 14.1. The van der Waals surface area contributed by atoms with E-state index in [1.165, 1.54) is 76.8 Å². The van der Waals surface area contributed by atoms with Crippen molar-refractivity contribution < 1.29 is 0 Å². The van der Waals surface area contributed by atoms with E-state index in [0.29, 0.717) is 0 Å². The number of hydrogen-bond donors (Lipinski definition) is 0. The van der Waals surface area contributed by atoms with Gasteiger partial charge in [-0.2, -0.15) is 0 Å². The molecule has 2 heteroatoms. The third-order valence-electron chi connectivity index (χ3n) is 11.6. The van der Waals surface area contributed by atoms with Crippen LogP contribution in [0.5, 0.6) is 0 Å². The number of nitrogens with zero attached hydrogens (tertiary/aromatic N) is 2. The standard InChI is InChI=1S/C53H40N2/c1-5-6-7-16-34(2)55-49-24-15-14-23-48(49)54-52(55)37-28-26-36(27-29-37)50-41-20-10-11-21-42(41)51(39-30-25-35-17-8-9-18-38(35)31-39)45-33-47-43(32-44(45)50)40-19-12-13-22-46(40)53(47,3)4/h5-33H,2H2,1,3-4H3/b6-5-,16-7-. The number of aromatic nitrogens is 2. The average Bonchev–Trinajstić information content (AvgIpc) is 3.72. The molecule has 1 aromatic heterocycles. The van der Waals surface area contributed by atoms with Crippen molar-refractivity contribution in [1.82, 2.24) is 9.55 Å². The summed E-state index contributed by atoms with van der Waals surface area (Å²) in [6, 6.07) is 55.8. The van der Waals surface area contributed by atoms with Crippen LogP contribution >= 0.6 is 0 Å². The molecule has 0 spiro atoms. The number of imidazole rings is 1. The predicted octanol–water partition coefficient (Wildman–Crippen LogP) is 14.4. The van der Waals surface area contributed by atoms with Crippen molar-refractivity contribution in [3.05, 3.63) is 194 Å². The molecular formula is C53H40N2. The Morgan fingerprint density at radius 3 is 2.00 bits per heavy atom. The van der Waals surface area contributed by atoms with Gasteiger partial charge in [0, 0.05) is 16.7 Å². The van der Waals surface area contributed by atoms with E-state index < -0.39 is 0 Å². The first-order valence-electron chi connectivity index (χ1n) is 19.1. The van der Waals surface area contributed by atoms with E-state index in [0.717, 1.165) is 28.1 Å². The topological polar surface area (TPSA) is 17.8 Å². The molecule has 0 radical (unpaired) electrons. The van der Waals surface area contributed by atoms with Crippen molar-refractivity contribution in [3.8, 4) is 44.8 Å². The summed E-state index contributed by atoms with van der Waals surface area (Å²) in [6.45, 7) is 11.2. The third kappa shape index (κ3) is 5.13. The van der Waals surface area contributed by atoms with Gasteiger partial charge < -0.3 is 0 Å². The quantitative estimate of drug-likeness (QED) is 0.124. The van der Waals surface area contributed by atoms with Crippen LogP contribution < -0.4 is 0 Å². The second kappa shape index (κ2) is 12.7. The highest BCUT2D eigenvalue weighted by molar-refractivity contribution is 6.23. The number of fused-ring (bicyclic) bond motifs is 7. The molecule has 0 unspecified atom stereocenters. The number of para-hydroxylation sites is 2. The monoisotopic (exact) mass is 704 g/mol. The first-order chi connectivity index (χ1) is 26.9. The van der Waals surface area contributed by atoms with Crippen molar-refractivity contribution >= 4 is 49.0 Å². The van der Waals surface area contributed by atoms with Crippen LogP contribution in [0, 0.1) is 0 Å². The Kier molecular flexibility index (Phi) is 7.57. The summed E-state index contributed by atoms with van der Waals surface area (Å²) >= 11 is 0. The van der Waals surface area contributed by atoms with Crippen LogP contribution in [0.25, 0.3) is 93.8 Å². The normalized spacial score (nSPS) is 13.4. The minimum absolute atomic E-state index is 0.119. The van der Waals surface area contributed by atoms with Gasteiger partial charge in [0.05, 0.1) is 11.0 Å². The number of allylic oxidation sites excluding steroid dienone is 5. The highest BCUT2D eigenvalue weighted by Gasteiger charge is 2.36. The minimum atomic E-state index is -0.119. The molecule has 0 atom stereocenters. The van der Waals surface area contributed by atoms with E-state index in [1.807, 2.05) is 37.3 Å². The van der Waals surface area contributed by atoms with Gasteiger partial charge in [-0.15, -0.1) is 0 Å². The van der Waals surface area contributed by atoms with Crippen LogP contribution in [-0.4, -0.2) is 9.55 Å². The van der Waals surface area contributed by atoms with E-state index in [4.69, 9.17) is 4.98 Å². The Morgan fingerprint density at radius 1 is 0.564 bits per heavy atom. The summed E-state index contributed by atoms with van der Waals surface area (Å²) in [4.78, 5) is 5.13. The van der Waals surface area contributed by atoms with Crippen LogP contribution in [0.4, 0.5) is 0 Å². The molecule has 1 aliphatic carbocycles. The molecular weight excluding hydrogens is 665 g/mol. The molecule has 2 nitrogen and oxygen atoms in total. The lowest BCUT2D eigenvalue weighted by molar-refractivity contribution is 0.661. The van der Waals surface area contributed by atoms with E-state index in [1.54, 1.807) is 0 Å². The van der Waals surface area contributed by atoms with Gasteiger partial charge in [0.25, 0.3) is 0 Å². The van der Waals surface area contributed by atoms with E-state index in [2.05, 4.69) is 171 Å². The molecule has 8 aromatic carbocycles. The van der Waals surface area contributed by atoms with Crippen LogP contribution in [0.15, 0.2) is 183 Å². The van der Waals surface area contributed by atoms with Gasteiger partial charge in [0.1, 0.15) is 5.82 Å². The smallest absolute Gasteiger partial charge is 0.145 e. The SMILES string of the molecule is C=C(/C=C\C=C/C)n1c(-c2ccc(-c3c4ccccc4c(-c4ccc5ccccc5c4)c4cc5c(cc34)-c3ccccc3C5(C)C)cc2)nc2ccccc21. The predicted molar refractivity (Wildman–Crippen MR) is 235 cm³/mol. The largest absolute Gasteiger partial charge is 0.293 e. The molecule has 1 heterocycles. The maximum Gasteiger partial charge on any atom is 0.145 e. The fourth-order valence-corrected chi connectivity index (χ4v) is 8.99. The van der Waals surface area contributed by atoms with Gasteiger partial charge in [-0.1, -0.05) is 160 Å². The summed E-state index contributed by atoms with van der Waals surface area (Å²) in [7, 11) is 0. The van der Waals surface area contributed by atoms with Crippen LogP contribution in [0.3, 0.4) is 0 Å². The molecule has 0 fully saturated rings. The number of hydrogen-bond acceptors (Lipinski definition) is 1. The Hall–Kier alpha value is -6.77. The van der Waals surface area contributed by atoms with Gasteiger partial charge in [-0.3, -0.25) is 4.57 Å². The van der Waals surface area contributed by atoms with Gasteiger partial charge in [0.2, 0.25) is 0 Å². The Balaban J connectivity index is 1.23. The molecule has 1 aliphatic rings. The number of benzene rings is 8. The maximum atomic E-state index is 5.13. The summed E-state index contributed by atoms with van der Waals surface area (Å²) in [5.74, 6) is 0.876. The second-order valence-corrected chi connectivity index (χ2v) is 15.2. The van der Waals surface area contributed by atoms with Crippen LogP contribution in [0.1, 0.15) is 31.9 Å². The lowest BCUT2D eigenvalue weighted by Crippen LogP contribution is -2.14. The highest BCUT2D eigenvalue weighted by Crippen LogP contribution is 2.53. The molecule has 0 aliphatic heterocycles. The maximum absolute atomic E-state index is 5.13. The summed E-state index contributed by atoms with van der Waals surface area (Å²) < 4.78 is 2.16. The first kappa shape index (κ1) is 32.8. The average molecular weight is 705 g/mol.